The molecule has 0 radical (unpaired) electrons. The van der Waals surface area contributed by atoms with Crippen LogP contribution in [-0.4, -0.2) is 69.9 Å². The van der Waals surface area contributed by atoms with Gasteiger partial charge < -0.3 is 31.1 Å². The summed E-state index contributed by atoms with van der Waals surface area (Å²) in [6.45, 7) is 0. The quantitative estimate of drug-likeness (QED) is 0.260. The van der Waals surface area contributed by atoms with Crippen LogP contribution in [0.3, 0.4) is 0 Å². The Morgan fingerprint density at radius 2 is 0.880 bits per heavy atom. The number of anilines is 2. The fraction of sp³-hybridized carbons (Fsp3) is 0.300. The van der Waals surface area contributed by atoms with Crippen molar-refractivity contribution in [2.45, 2.75) is 73.0 Å². The molecule has 4 aromatic rings. The summed E-state index contributed by atoms with van der Waals surface area (Å²) in [5, 5.41) is 13.6. The second kappa shape index (κ2) is 10.4. The van der Waals surface area contributed by atoms with Crippen LogP contribution in [-0.2, 0) is 42.8 Å². The first-order valence-electron chi connectivity index (χ1n) is 17.5. The van der Waals surface area contributed by atoms with Crippen LogP contribution in [0, 0.1) is 0 Å². The molecule has 0 bridgehead atoms. The molecule has 6 heterocycles. The Balaban J connectivity index is 1.13. The molecule has 10 heteroatoms. The smallest absolute Gasteiger partial charge is 0.247 e. The number of nitrogens with one attached hydrogen (secondary N) is 4. The number of benzene rings is 4. The van der Waals surface area contributed by atoms with E-state index in [1.807, 2.05) is 97.1 Å². The van der Waals surface area contributed by atoms with Gasteiger partial charge in [0, 0.05) is 24.2 Å². The van der Waals surface area contributed by atoms with E-state index in [4.69, 9.17) is 0 Å². The lowest BCUT2D eigenvalue weighted by molar-refractivity contribution is -0.149. The Bertz CT molecular complexity index is 1940. The molecule has 6 aliphatic rings. The van der Waals surface area contributed by atoms with E-state index >= 15 is 0 Å². The van der Waals surface area contributed by atoms with Crippen molar-refractivity contribution in [2.24, 2.45) is 0 Å². The Hall–Kier alpha value is -5.64. The third-order valence-corrected chi connectivity index (χ3v) is 12.3. The Morgan fingerprint density at radius 1 is 0.500 bits per heavy atom. The third kappa shape index (κ3) is 3.73. The predicted octanol–water partition coefficient (Wildman–Crippen LogP) is 3.05. The van der Waals surface area contributed by atoms with Gasteiger partial charge >= 0.3 is 0 Å². The topological polar surface area (TPSA) is 123 Å². The van der Waals surface area contributed by atoms with Gasteiger partial charge in [-0.25, -0.2) is 0 Å². The summed E-state index contributed by atoms with van der Waals surface area (Å²) in [5.41, 5.74) is 4.00. The highest BCUT2D eigenvalue weighted by atomic mass is 16.2. The number of hydrogen-bond acceptors (Lipinski definition) is 6. The van der Waals surface area contributed by atoms with Gasteiger partial charge in [0.15, 0.2) is 0 Å². The van der Waals surface area contributed by atoms with E-state index in [0.29, 0.717) is 25.7 Å². The minimum absolute atomic E-state index is 0.134. The van der Waals surface area contributed by atoms with E-state index in [2.05, 4.69) is 33.4 Å². The minimum atomic E-state index is -0.861. The number of amides is 4. The maximum absolute atomic E-state index is 14.6. The summed E-state index contributed by atoms with van der Waals surface area (Å²) in [4.78, 5) is 61.2. The van der Waals surface area contributed by atoms with Crippen molar-refractivity contribution in [1.82, 2.24) is 20.4 Å². The largest absolute Gasteiger partial charge is 0.364 e. The maximum Gasteiger partial charge on any atom is 0.247 e. The third-order valence-electron chi connectivity index (χ3n) is 12.3. The summed E-state index contributed by atoms with van der Waals surface area (Å²) in [6, 6.07) is 32.8. The van der Waals surface area contributed by atoms with E-state index in [0.717, 1.165) is 33.6 Å². The second-order valence-corrected chi connectivity index (χ2v) is 14.6. The Kier molecular flexibility index (Phi) is 6.11. The van der Waals surface area contributed by atoms with Gasteiger partial charge in [-0.1, -0.05) is 97.1 Å². The summed E-state index contributed by atoms with van der Waals surface area (Å²) in [5.74, 6) is -0.632. The van der Waals surface area contributed by atoms with Crippen molar-refractivity contribution >= 4 is 35.0 Å². The molecule has 4 fully saturated rings. The molecule has 4 amide bonds. The second-order valence-electron chi connectivity index (χ2n) is 14.6. The van der Waals surface area contributed by atoms with Crippen LogP contribution in [0.4, 0.5) is 11.4 Å². The molecule has 6 aliphatic heterocycles. The van der Waals surface area contributed by atoms with Crippen molar-refractivity contribution in [2.75, 3.05) is 10.6 Å². The molecule has 8 atom stereocenters. The molecule has 4 aromatic carbocycles. The molecule has 50 heavy (non-hydrogen) atoms. The van der Waals surface area contributed by atoms with E-state index in [1.54, 1.807) is 9.80 Å². The van der Waals surface area contributed by atoms with Crippen molar-refractivity contribution in [3.63, 3.8) is 0 Å². The number of piperazine rings is 2. The number of carbonyl (C=O) groups excluding carboxylic acids is 4. The number of rotatable bonds is 5. The normalized spacial score (nSPS) is 32.9. The molecule has 250 valence electrons. The number of carbonyl (C=O) groups is 4. The molecule has 0 unspecified atom stereocenters. The van der Waals surface area contributed by atoms with Gasteiger partial charge in [0.1, 0.15) is 36.5 Å². The molecule has 0 aliphatic carbocycles. The van der Waals surface area contributed by atoms with Gasteiger partial charge in [0.25, 0.3) is 0 Å². The predicted molar refractivity (Wildman–Crippen MR) is 186 cm³/mol. The van der Waals surface area contributed by atoms with Gasteiger partial charge in [-0.2, -0.15) is 0 Å². The highest BCUT2D eigenvalue weighted by Gasteiger charge is 2.78. The van der Waals surface area contributed by atoms with Crippen LogP contribution in [0.5, 0.6) is 0 Å². The highest BCUT2D eigenvalue weighted by molar-refractivity contribution is 6.01. The maximum atomic E-state index is 14.6. The molecule has 0 spiro atoms. The zero-order valence-electron chi connectivity index (χ0n) is 27.2. The summed E-state index contributed by atoms with van der Waals surface area (Å²) in [7, 11) is 0. The summed E-state index contributed by atoms with van der Waals surface area (Å²) >= 11 is 0. The number of nitrogens with zero attached hydrogens (tertiary/aromatic N) is 2. The molecule has 4 N–H and O–H groups in total. The minimum Gasteiger partial charge on any atom is -0.364 e. The van der Waals surface area contributed by atoms with Crippen LogP contribution in [0.25, 0.3) is 0 Å². The molecule has 10 nitrogen and oxygen atoms in total. The molecular formula is C40H36N6O4. The molecule has 10 rings (SSSR count). The molecule has 0 saturated carbocycles. The first-order chi connectivity index (χ1) is 24.4. The van der Waals surface area contributed by atoms with E-state index in [9.17, 15) is 19.2 Å². The van der Waals surface area contributed by atoms with Crippen molar-refractivity contribution in [1.29, 1.82) is 0 Å². The molecule has 0 aromatic heterocycles. The Labute approximate surface area is 289 Å². The van der Waals surface area contributed by atoms with Gasteiger partial charge in [0.2, 0.25) is 23.6 Å². The van der Waals surface area contributed by atoms with Crippen LogP contribution >= 0.6 is 0 Å². The average Bonchev–Trinajstić information content (AvgIpc) is 3.85. The van der Waals surface area contributed by atoms with Crippen LogP contribution in [0.2, 0.25) is 0 Å². The summed E-state index contributed by atoms with van der Waals surface area (Å²) in [6.07, 6.45) is 0.273. The fourth-order valence-corrected chi connectivity index (χ4v) is 10.4. The lowest BCUT2D eigenvalue weighted by Gasteiger charge is -2.48. The van der Waals surface area contributed by atoms with Crippen molar-refractivity contribution in [3.05, 3.63) is 131 Å². The number of hydrogen-bond donors (Lipinski definition) is 4. The fourth-order valence-electron chi connectivity index (χ4n) is 10.4. The van der Waals surface area contributed by atoms with Gasteiger partial charge in [-0.3, -0.25) is 19.2 Å². The van der Waals surface area contributed by atoms with E-state index in [-0.39, 0.29) is 23.6 Å². The highest BCUT2D eigenvalue weighted by Crippen LogP contribution is 2.68. The molecule has 4 saturated heterocycles. The van der Waals surface area contributed by atoms with E-state index < -0.39 is 47.3 Å². The van der Waals surface area contributed by atoms with Crippen molar-refractivity contribution < 1.29 is 19.2 Å². The lowest BCUT2D eigenvalue weighted by Crippen LogP contribution is -2.67. The monoisotopic (exact) mass is 664 g/mol. The Morgan fingerprint density at radius 3 is 1.30 bits per heavy atom. The van der Waals surface area contributed by atoms with Gasteiger partial charge in [0.05, 0.1) is 10.8 Å². The summed E-state index contributed by atoms with van der Waals surface area (Å²) < 4.78 is 0. The number of fused-ring (bicyclic) bond motifs is 11. The van der Waals surface area contributed by atoms with Crippen LogP contribution in [0.1, 0.15) is 35.1 Å². The lowest BCUT2D eigenvalue weighted by atomic mass is 9.54. The average molecular weight is 665 g/mol. The zero-order valence-corrected chi connectivity index (χ0v) is 27.2. The zero-order chi connectivity index (χ0) is 33.8. The first kappa shape index (κ1) is 29.3. The SMILES string of the molecule is O=C1N[C@H](Cc2ccccc2)C(=O)N2[C@H]3Nc4ccccc4[C@@]3([C@]34C[C@H]5C(=O)N[C@H](Cc6ccccc6)C(=O)N5[C@H]3Nc3ccccc34)C[C@@H]12. The standard InChI is InChI=1S/C40H36N6O4/c47-33-31-21-39(25-15-7-9-17-27(25)43-37(39)45(31)35(49)29(41-33)19-23-11-3-1-4-12-23)40-22-32-34(48)42-30(20-24-13-5-2-6-14-24)36(50)46(32)38(40)44-28-18-10-8-16-26(28)40/h1-18,29-32,37-38,43-44H,19-22H2,(H,41,47)(H,42,48)/t29-,30-,31+,32+,37-,38-,39+,40+/m1/s1. The van der Waals surface area contributed by atoms with E-state index in [1.165, 1.54) is 0 Å². The first-order valence-corrected chi connectivity index (χ1v) is 17.5. The van der Waals surface area contributed by atoms with Gasteiger partial charge in [-0.05, 0) is 47.2 Å². The van der Waals surface area contributed by atoms with Crippen LogP contribution < -0.4 is 21.3 Å². The van der Waals surface area contributed by atoms with Crippen molar-refractivity contribution in [3.8, 4) is 0 Å². The van der Waals surface area contributed by atoms with Gasteiger partial charge in [-0.15, -0.1) is 0 Å². The molecular weight excluding hydrogens is 628 g/mol. The number of para-hydroxylation sites is 2. The van der Waals surface area contributed by atoms with Crippen LogP contribution in [0.15, 0.2) is 109 Å².